The first-order chi connectivity index (χ1) is 15.3. The fourth-order valence-corrected chi connectivity index (χ4v) is 34.5. The van der Waals surface area contributed by atoms with Gasteiger partial charge < -0.3 is 0 Å². The first-order valence-electron chi connectivity index (χ1n) is 12.1. The predicted octanol–water partition coefficient (Wildman–Crippen LogP) is 7.40. The number of rotatable bonds is 19. The van der Waals surface area contributed by atoms with Gasteiger partial charge in [0, 0.05) is 0 Å². The Hall–Kier alpha value is 2.19. The van der Waals surface area contributed by atoms with Gasteiger partial charge in [0.1, 0.15) is 0 Å². The molecule has 0 aromatic carbocycles. The fourth-order valence-electron chi connectivity index (χ4n) is 3.42. The van der Waals surface area contributed by atoms with Crippen LogP contribution < -0.4 is 0 Å². The molecule has 0 aliphatic carbocycles. The minimum atomic E-state index is -3.54. The summed E-state index contributed by atoms with van der Waals surface area (Å²) >= 11 is -7.08. The first kappa shape index (κ1) is 30.4. The summed E-state index contributed by atoms with van der Waals surface area (Å²) in [6.45, 7) is 6.33. The number of hydrogen-bond donors (Lipinski definition) is 0. The zero-order valence-corrected chi connectivity index (χ0v) is 29.1. The molecule has 0 bridgehead atoms. The molecular weight excluding hydrogens is 683 g/mol. The van der Waals surface area contributed by atoms with Crippen LogP contribution in [0.5, 0.6) is 0 Å². The number of hydrogen-bond acceptors (Lipinski definition) is 9. The molecule has 0 spiro atoms. The molecule has 0 unspecified atom stereocenters. The van der Waals surface area contributed by atoms with Gasteiger partial charge in [-0.15, -0.1) is 0 Å². The Morgan fingerprint density at radius 2 is 1.00 bits per heavy atom. The average molecular weight is 722 g/mol. The summed E-state index contributed by atoms with van der Waals surface area (Å²) in [5.41, 5.74) is 0. The Labute approximate surface area is 212 Å². The van der Waals surface area contributed by atoms with E-state index in [-0.39, 0.29) is 6.16 Å². The third kappa shape index (κ3) is 11.1. The molecule has 2 saturated heterocycles. The van der Waals surface area contributed by atoms with Gasteiger partial charge in [-0.25, -0.2) is 0 Å². The van der Waals surface area contributed by atoms with E-state index in [4.69, 9.17) is 15.8 Å². The van der Waals surface area contributed by atoms with E-state index in [1.165, 1.54) is 0 Å². The topological polar surface area (TPSA) is 107 Å². The van der Waals surface area contributed by atoms with E-state index in [2.05, 4.69) is 20.8 Å². The van der Waals surface area contributed by atoms with Crippen LogP contribution in [-0.4, -0.2) is 64.0 Å². The van der Waals surface area contributed by atoms with Crippen molar-refractivity contribution in [3.8, 4) is 0 Å². The summed E-state index contributed by atoms with van der Waals surface area (Å²) in [5, 5.41) is 0. The van der Waals surface area contributed by atoms with Crippen LogP contribution in [0.3, 0.4) is 0 Å². The maximum absolute atomic E-state index is 13.4. The van der Waals surface area contributed by atoms with E-state index >= 15 is 0 Å². The maximum atomic E-state index is 13.4. The van der Waals surface area contributed by atoms with Gasteiger partial charge in [0.15, 0.2) is 0 Å². The molecule has 0 saturated carbocycles. The first-order valence-corrected chi connectivity index (χ1v) is 25.4. The van der Waals surface area contributed by atoms with Gasteiger partial charge in [-0.2, -0.15) is 0 Å². The van der Waals surface area contributed by atoms with E-state index in [1.807, 2.05) is 0 Å². The molecule has 186 valence electrons. The molecule has 2 aliphatic rings. The van der Waals surface area contributed by atoms with Crippen molar-refractivity contribution in [2.45, 2.75) is 97.8 Å². The zero-order valence-electron chi connectivity index (χ0n) is 19.8. The van der Waals surface area contributed by atoms with Crippen molar-refractivity contribution in [2.24, 2.45) is 0 Å². The Kier molecular flexibility index (Phi) is 14.7. The van der Waals surface area contributed by atoms with Gasteiger partial charge in [-0.1, -0.05) is 0 Å². The van der Waals surface area contributed by atoms with Crippen molar-refractivity contribution < 1.29 is 29.5 Å². The normalized spacial score (nSPS) is 19.6. The van der Waals surface area contributed by atoms with E-state index in [0.717, 1.165) is 70.6 Å². The van der Waals surface area contributed by atoms with Crippen LogP contribution in [0.15, 0.2) is 0 Å². The Balaban J connectivity index is 1.80. The summed E-state index contributed by atoms with van der Waals surface area (Å²) in [4.78, 5) is 0. The van der Waals surface area contributed by atoms with Crippen LogP contribution in [0.4, 0.5) is 0 Å². The van der Waals surface area contributed by atoms with Gasteiger partial charge in [0.25, 0.3) is 0 Å². The molecule has 0 aromatic rings. The van der Waals surface area contributed by atoms with Gasteiger partial charge in [-0.05, 0) is 0 Å². The monoisotopic (exact) mass is 722 g/mol. The van der Waals surface area contributed by atoms with E-state index in [9.17, 15) is 13.7 Å². The summed E-state index contributed by atoms with van der Waals surface area (Å²) < 4.78 is 71.8. The fraction of sp³-hybridized carbons (Fsp3) is 1.00. The molecule has 32 heavy (non-hydrogen) atoms. The molecule has 0 radical (unpaired) electrons. The molecular formula is C18H39In2O9P3. The summed E-state index contributed by atoms with van der Waals surface area (Å²) in [6, 6.07) is 0. The second-order valence-corrected chi connectivity index (χ2v) is 28.8. The van der Waals surface area contributed by atoms with Crippen molar-refractivity contribution in [3.05, 3.63) is 0 Å². The summed E-state index contributed by atoms with van der Waals surface area (Å²) in [5.74, 6) is 0. The molecule has 2 fully saturated rings. The SMILES string of the molecule is CCCCCCP1(=O)[O][In]([O]P(=O)(CCCCCC)[O][In]2[O]P(=O)(CCCCCC)[O]2)[O]1. The summed E-state index contributed by atoms with van der Waals surface area (Å²) in [7, 11) is -9.70. The van der Waals surface area contributed by atoms with Crippen molar-refractivity contribution in [3.63, 3.8) is 0 Å². The third-order valence-corrected chi connectivity index (χ3v) is 36.2. The van der Waals surface area contributed by atoms with Gasteiger partial charge in [0.05, 0.1) is 0 Å². The second-order valence-electron chi connectivity index (χ2n) is 8.40. The average Bonchev–Trinajstić information content (AvgIpc) is 2.70. The molecule has 14 heteroatoms. The van der Waals surface area contributed by atoms with Crippen molar-refractivity contribution in [1.82, 2.24) is 0 Å². The van der Waals surface area contributed by atoms with Gasteiger partial charge in [0.2, 0.25) is 0 Å². The zero-order chi connectivity index (χ0) is 23.5. The van der Waals surface area contributed by atoms with E-state index < -0.39 is 68.3 Å². The molecule has 9 nitrogen and oxygen atoms in total. The molecule has 2 heterocycles. The van der Waals surface area contributed by atoms with Crippen molar-refractivity contribution in [1.29, 1.82) is 0 Å². The molecule has 0 amide bonds. The van der Waals surface area contributed by atoms with Crippen molar-refractivity contribution >= 4 is 68.3 Å². The van der Waals surface area contributed by atoms with E-state index in [1.54, 1.807) is 0 Å². The summed E-state index contributed by atoms with van der Waals surface area (Å²) in [6.07, 6.45) is 12.5. The van der Waals surface area contributed by atoms with Gasteiger partial charge >= 0.3 is 214 Å². The minimum absolute atomic E-state index is 0.217. The van der Waals surface area contributed by atoms with Crippen LogP contribution in [0.2, 0.25) is 0 Å². The molecule has 0 atom stereocenters. The Morgan fingerprint density at radius 1 is 0.625 bits per heavy atom. The molecule has 0 aromatic heterocycles. The molecule has 2 rings (SSSR count). The predicted molar refractivity (Wildman–Crippen MR) is 128 cm³/mol. The van der Waals surface area contributed by atoms with Crippen molar-refractivity contribution in [2.75, 3.05) is 18.5 Å². The molecule has 2 aliphatic heterocycles. The molecule has 0 N–H and O–H groups in total. The quantitative estimate of drug-likeness (QED) is 0.0996. The van der Waals surface area contributed by atoms with Crippen LogP contribution in [0, 0.1) is 0 Å². The van der Waals surface area contributed by atoms with Gasteiger partial charge in [-0.3, -0.25) is 0 Å². The Morgan fingerprint density at radius 3 is 1.38 bits per heavy atom. The van der Waals surface area contributed by atoms with Crippen LogP contribution in [-0.2, 0) is 29.5 Å². The van der Waals surface area contributed by atoms with Crippen LogP contribution >= 0.6 is 22.8 Å². The standard InChI is InChI=1S/3C6H15O3P.2In/c3*1-2-3-4-5-6-10(7,8)9;;/h3*2-6H2,1H3,(H2,7,8,9);;/q;;;2*+3/p-6. The number of unbranched alkanes of at least 4 members (excludes halogenated alkanes) is 9. The Bertz CT molecular complexity index is 629. The van der Waals surface area contributed by atoms with E-state index in [0.29, 0.717) is 18.7 Å². The third-order valence-electron chi connectivity index (χ3n) is 5.34. The van der Waals surface area contributed by atoms with Crippen LogP contribution in [0.1, 0.15) is 97.8 Å². The van der Waals surface area contributed by atoms with Crippen LogP contribution in [0.25, 0.3) is 0 Å². The second kappa shape index (κ2) is 15.4.